The molecule has 1 heterocycles. The molecule has 4 rings (SSSR count). The number of anilines is 1. The zero-order valence-corrected chi connectivity index (χ0v) is 24.0. The van der Waals surface area contributed by atoms with E-state index in [9.17, 15) is 14.7 Å². The molecule has 1 N–H and O–H groups in total. The van der Waals surface area contributed by atoms with Crippen LogP contribution in [0.25, 0.3) is 5.76 Å². The van der Waals surface area contributed by atoms with E-state index in [0.717, 1.165) is 11.1 Å². The molecule has 0 radical (unpaired) electrons. The first kappa shape index (κ1) is 28.0. The lowest BCUT2D eigenvalue weighted by Gasteiger charge is -2.27. The molecule has 1 fully saturated rings. The molecule has 39 heavy (non-hydrogen) atoms. The van der Waals surface area contributed by atoms with Crippen LogP contribution in [0.3, 0.4) is 0 Å². The average molecular weight is 528 g/mol. The topological polar surface area (TPSA) is 76.1 Å². The summed E-state index contributed by atoms with van der Waals surface area (Å²) in [5.74, 6) is -1.17. The second-order valence-electron chi connectivity index (χ2n) is 11.9. The fraction of sp³-hybridized carbons (Fsp3) is 0.333. The maximum absolute atomic E-state index is 13.6. The maximum Gasteiger partial charge on any atom is 0.300 e. The van der Waals surface area contributed by atoms with Gasteiger partial charge in [0.25, 0.3) is 11.7 Å². The third kappa shape index (κ3) is 5.16. The number of methoxy groups -OCH3 is 2. The number of aliphatic hydroxyl groups is 1. The van der Waals surface area contributed by atoms with Gasteiger partial charge in [-0.3, -0.25) is 14.5 Å². The minimum absolute atomic E-state index is 0.0220. The van der Waals surface area contributed by atoms with Gasteiger partial charge >= 0.3 is 0 Å². The standard InChI is InChI=1S/C33H37NO5/c1-32(2,3)21-14-12-20(13-15-21)28-27(29(35)26-24(38-7)10-9-11-25(26)39-8)30(36)31(37)34(28)23-18-16-22(17-19-23)33(4,5)6/h9-19,28,35H,1-8H3/b29-27+. The van der Waals surface area contributed by atoms with Gasteiger partial charge in [-0.05, 0) is 51.8 Å². The van der Waals surface area contributed by atoms with Crippen LogP contribution in [0, 0.1) is 0 Å². The Hall–Kier alpha value is -4.06. The lowest BCUT2D eigenvalue weighted by molar-refractivity contribution is -0.132. The van der Waals surface area contributed by atoms with Crippen LogP contribution in [0.4, 0.5) is 5.69 Å². The summed E-state index contributed by atoms with van der Waals surface area (Å²) >= 11 is 0. The summed E-state index contributed by atoms with van der Waals surface area (Å²) in [6.45, 7) is 12.7. The third-order valence-corrected chi connectivity index (χ3v) is 7.21. The van der Waals surface area contributed by atoms with Crippen molar-refractivity contribution in [1.29, 1.82) is 0 Å². The first-order valence-electron chi connectivity index (χ1n) is 13.0. The van der Waals surface area contributed by atoms with Crippen molar-refractivity contribution in [1.82, 2.24) is 0 Å². The molecular weight excluding hydrogens is 490 g/mol. The van der Waals surface area contributed by atoms with Crippen molar-refractivity contribution in [2.75, 3.05) is 19.1 Å². The molecule has 1 atom stereocenters. The molecule has 0 spiro atoms. The lowest BCUT2D eigenvalue weighted by atomic mass is 9.85. The molecule has 1 aliphatic heterocycles. The quantitative estimate of drug-likeness (QED) is 0.221. The number of nitrogens with zero attached hydrogens (tertiary/aromatic N) is 1. The Balaban J connectivity index is 1.97. The molecule has 0 saturated carbocycles. The van der Waals surface area contributed by atoms with Crippen LogP contribution in [-0.2, 0) is 20.4 Å². The normalized spacial score (nSPS) is 17.4. The monoisotopic (exact) mass is 527 g/mol. The van der Waals surface area contributed by atoms with Crippen molar-refractivity contribution in [3.63, 3.8) is 0 Å². The minimum Gasteiger partial charge on any atom is -0.506 e. The molecule has 6 nitrogen and oxygen atoms in total. The van der Waals surface area contributed by atoms with Crippen molar-refractivity contribution in [2.45, 2.75) is 58.4 Å². The second-order valence-corrected chi connectivity index (χ2v) is 11.9. The summed E-state index contributed by atoms with van der Waals surface area (Å²) in [5, 5.41) is 11.7. The molecule has 0 bridgehead atoms. The minimum atomic E-state index is -0.853. The third-order valence-electron chi connectivity index (χ3n) is 7.21. The fourth-order valence-electron chi connectivity index (χ4n) is 4.92. The number of benzene rings is 3. The summed E-state index contributed by atoms with van der Waals surface area (Å²) in [6.07, 6.45) is 0. The first-order chi connectivity index (χ1) is 18.3. The summed E-state index contributed by atoms with van der Waals surface area (Å²) in [5.41, 5.74) is 3.55. The van der Waals surface area contributed by atoms with Crippen molar-refractivity contribution in [3.05, 3.63) is 94.6 Å². The molecule has 1 amide bonds. The van der Waals surface area contributed by atoms with E-state index in [1.165, 1.54) is 19.1 Å². The Morgan fingerprint density at radius 3 is 1.64 bits per heavy atom. The van der Waals surface area contributed by atoms with Gasteiger partial charge in [0.05, 0.1) is 25.8 Å². The van der Waals surface area contributed by atoms with Crippen molar-refractivity contribution in [2.24, 2.45) is 0 Å². The van der Waals surface area contributed by atoms with Crippen LogP contribution in [-0.4, -0.2) is 31.0 Å². The van der Waals surface area contributed by atoms with E-state index in [2.05, 4.69) is 41.5 Å². The maximum atomic E-state index is 13.6. The number of hydrogen-bond acceptors (Lipinski definition) is 5. The van der Waals surface area contributed by atoms with Gasteiger partial charge in [0.2, 0.25) is 0 Å². The van der Waals surface area contributed by atoms with E-state index in [0.29, 0.717) is 22.7 Å². The number of ketones is 1. The van der Waals surface area contributed by atoms with E-state index in [1.807, 2.05) is 48.5 Å². The number of ether oxygens (including phenoxy) is 2. The van der Waals surface area contributed by atoms with E-state index >= 15 is 0 Å². The number of amides is 1. The Morgan fingerprint density at radius 2 is 1.21 bits per heavy atom. The van der Waals surface area contributed by atoms with E-state index in [-0.39, 0.29) is 27.7 Å². The Kier molecular flexibility index (Phi) is 7.35. The predicted molar refractivity (Wildman–Crippen MR) is 155 cm³/mol. The first-order valence-corrected chi connectivity index (χ1v) is 13.0. The molecule has 0 aliphatic carbocycles. The van der Waals surface area contributed by atoms with Crippen molar-refractivity contribution >= 4 is 23.1 Å². The van der Waals surface area contributed by atoms with Crippen LogP contribution in [0.2, 0.25) is 0 Å². The van der Waals surface area contributed by atoms with E-state index < -0.39 is 17.7 Å². The summed E-state index contributed by atoms with van der Waals surface area (Å²) in [6, 6.07) is 19.7. The van der Waals surface area contributed by atoms with Crippen LogP contribution < -0.4 is 14.4 Å². The fourth-order valence-corrected chi connectivity index (χ4v) is 4.92. The zero-order chi connectivity index (χ0) is 28.7. The van der Waals surface area contributed by atoms with E-state index in [1.54, 1.807) is 18.2 Å². The zero-order valence-electron chi connectivity index (χ0n) is 24.0. The summed E-state index contributed by atoms with van der Waals surface area (Å²) in [4.78, 5) is 28.7. The van der Waals surface area contributed by atoms with Gasteiger partial charge in [-0.25, -0.2) is 0 Å². The van der Waals surface area contributed by atoms with Gasteiger partial charge in [-0.1, -0.05) is 84.0 Å². The average Bonchev–Trinajstić information content (AvgIpc) is 3.17. The lowest BCUT2D eigenvalue weighted by Crippen LogP contribution is -2.29. The van der Waals surface area contributed by atoms with E-state index in [4.69, 9.17) is 9.47 Å². The number of hydrogen-bond donors (Lipinski definition) is 1. The van der Waals surface area contributed by atoms with Crippen LogP contribution in [0.5, 0.6) is 11.5 Å². The van der Waals surface area contributed by atoms with Gasteiger partial charge in [0.1, 0.15) is 22.8 Å². The van der Waals surface area contributed by atoms with Gasteiger partial charge < -0.3 is 14.6 Å². The highest BCUT2D eigenvalue weighted by atomic mass is 16.5. The van der Waals surface area contributed by atoms with Gasteiger partial charge in [-0.2, -0.15) is 0 Å². The highest BCUT2D eigenvalue weighted by molar-refractivity contribution is 6.51. The number of carbonyl (C=O) groups excluding carboxylic acids is 2. The number of carbonyl (C=O) groups is 2. The Labute approximate surface area is 230 Å². The molecule has 3 aromatic carbocycles. The SMILES string of the molecule is COc1cccc(OC)c1/C(O)=C1\C(=O)C(=O)N(c2ccc(C(C)(C)C)cc2)C1c1ccc(C(C)(C)C)cc1. The molecule has 1 saturated heterocycles. The predicted octanol–water partition coefficient (Wildman–Crippen LogP) is 6.93. The van der Waals surface area contributed by atoms with Gasteiger partial charge in [-0.15, -0.1) is 0 Å². The van der Waals surface area contributed by atoms with Crippen LogP contribution in [0.15, 0.2) is 72.3 Å². The number of Topliss-reactive ketones (excluding diaryl/α,β-unsaturated/α-hetero) is 1. The molecular formula is C33H37NO5. The molecule has 1 aliphatic rings. The van der Waals surface area contributed by atoms with Crippen molar-refractivity contribution in [3.8, 4) is 11.5 Å². The largest absolute Gasteiger partial charge is 0.506 e. The summed E-state index contributed by atoms with van der Waals surface area (Å²) in [7, 11) is 2.95. The highest BCUT2D eigenvalue weighted by Gasteiger charge is 2.47. The number of rotatable bonds is 5. The smallest absolute Gasteiger partial charge is 0.300 e. The van der Waals surface area contributed by atoms with Gasteiger partial charge in [0, 0.05) is 5.69 Å². The van der Waals surface area contributed by atoms with Gasteiger partial charge in [0.15, 0.2) is 0 Å². The molecule has 3 aromatic rings. The number of aliphatic hydroxyl groups excluding tert-OH is 1. The molecule has 0 aromatic heterocycles. The molecule has 6 heteroatoms. The second kappa shape index (κ2) is 10.3. The Morgan fingerprint density at radius 1 is 0.744 bits per heavy atom. The summed E-state index contributed by atoms with van der Waals surface area (Å²) < 4.78 is 11.0. The molecule has 204 valence electrons. The highest BCUT2D eigenvalue weighted by Crippen LogP contribution is 2.45. The van der Waals surface area contributed by atoms with Crippen LogP contribution in [0.1, 0.15) is 69.8 Å². The Bertz CT molecular complexity index is 1400. The molecule has 1 unspecified atom stereocenters. The van der Waals surface area contributed by atoms with Crippen LogP contribution >= 0.6 is 0 Å². The van der Waals surface area contributed by atoms with Crippen molar-refractivity contribution < 1.29 is 24.2 Å².